The molecule has 21 heavy (non-hydrogen) atoms. The summed E-state index contributed by atoms with van der Waals surface area (Å²) in [5, 5.41) is 0. The highest BCUT2D eigenvalue weighted by Gasteiger charge is 2.48. The molecule has 1 fully saturated rings. The molecule has 1 unspecified atom stereocenters. The van der Waals surface area contributed by atoms with Gasteiger partial charge in [0.1, 0.15) is 5.69 Å². The van der Waals surface area contributed by atoms with Crippen molar-refractivity contribution in [1.29, 1.82) is 0 Å². The van der Waals surface area contributed by atoms with Crippen LogP contribution in [0.5, 0.6) is 0 Å². The van der Waals surface area contributed by atoms with Gasteiger partial charge in [0.2, 0.25) is 0 Å². The molecule has 0 radical (unpaired) electrons. The Balaban J connectivity index is 2.06. The van der Waals surface area contributed by atoms with Crippen molar-refractivity contribution in [1.82, 2.24) is 9.88 Å². The van der Waals surface area contributed by atoms with E-state index in [4.69, 9.17) is 5.73 Å². The largest absolute Gasteiger partial charge is 0.369 e. The molecule has 3 heterocycles. The van der Waals surface area contributed by atoms with Gasteiger partial charge < -0.3 is 10.6 Å². The predicted octanol–water partition coefficient (Wildman–Crippen LogP) is 2.26. The van der Waals surface area contributed by atoms with Crippen molar-refractivity contribution in [3.05, 3.63) is 23.5 Å². The van der Waals surface area contributed by atoms with Crippen molar-refractivity contribution in [3.63, 3.8) is 0 Å². The first-order valence-electron chi connectivity index (χ1n) is 6.81. The Morgan fingerprint density at radius 1 is 1.52 bits per heavy atom. The molecule has 112 valence electrons. The van der Waals surface area contributed by atoms with E-state index in [-0.39, 0.29) is 29.8 Å². The minimum atomic E-state index is -2.81. The standard InChI is InChI=1S/C14H16F2N4O/c1-7(2)12(21)9-3-8-10(5-18-9)19-13(17)20-6-14(15,16)4-11(8)20/h3,5,7,11H,4,6H2,1-2H3,(H2,17,19). The molecule has 7 heteroatoms. The van der Waals surface area contributed by atoms with Gasteiger partial charge in [-0.15, -0.1) is 0 Å². The van der Waals surface area contributed by atoms with Gasteiger partial charge in [0.15, 0.2) is 11.7 Å². The van der Waals surface area contributed by atoms with E-state index in [9.17, 15) is 13.6 Å². The molecule has 2 N–H and O–H groups in total. The maximum Gasteiger partial charge on any atom is 0.267 e. The van der Waals surface area contributed by atoms with Crippen LogP contribution >= 0.6 is 0 Å². The van der Waals surface area contributed by atoms with E-state index in [0.717, 1.165) is 0 Å². The number of Topliss-reactive ketones (excluding diaryl/α,β-unsaturated/α-hetero) is 1. The first kappa shape index (κ1) is 13.9. The highest BCUT2D eigenvalue weighted by atomic mass is 19.3. The van der Waals surface area contributed by atoms with Crippen molar-refractivity contribution in [3.8, 4) is 0 Å². The zero-order valence-electron chi connectivity index (χ0n) is 11.8. The number of carbonyl (C=O) groups is 1. The van der Waals surface area contributed by atoms with Gasteiger partial charge in [-0.2, -0.15) is 0 Å². The lowest BCUT2D eigenvalue weighted by Gasteiger charge is -2.30. The number of fused-ring (bicyclic) bond motifs is 3. The number of guanidine groups is 1. The number of aliphatic imine (C=N–C) groups is 1. The van der Waals surface area contributed by atoms with Crippen LogP contribution in [0.3, 0.4) is 0 Å². The molecule has 0 aliphatic carbocycles. The summed E-state index contributed by atoms with van der Waals surface area (Å²) in [7, 11) is 0. The molecule has 2 aliphatic heterocycles. The van der Waals surface area contributed by atoms with E-state index in [0.29, 0.717) is 11.3 Å². The molecule has 2 aliphatic rings. The number of ketones is 1. The summed E-state index contributed by atoms with van der Waals surface area (Å²) in [4.78, 5) is 21.6. The Morgan fingerprint density at radius 2 is 2.24 bits per heavy atom. The Morgan fingerprint density at radius 3 is 2.90 bits per heavy atom. The first-order valence-corrected chi connectivity index (χ1v) is 6.81. The second-order valence-corrected chi connectivity index (χ2v) is 5.82. The van der Waals surface area contributed by atoms with E-state index >= 15 is 0 Å². The first-order chi connectivity index (χ1) is 9.78. The molecule has 3 rings (SSSR count). The molecule has 0 spiro atoms. The molecule has 1 atom stereocenters. The minimum absolute atomic E-state index is 0.0782. The quantitative estimate of drug-likeness (QED) is 0.849. The van der Waals surface area contributed by atoms with E-state index in [1.54, 1.807) is 19.9 Å². The van der Waals surface area contributed by atoms with Crippen LogP contribution in [0.25, 0.3) is 0 Å². The van der Waals surface area contributed by atoms with Crippen molar-refractivity contribution >= 4 is 17.4 Å². The molecule has 1 aromatic rings. The molecular weight excluding hydrogens is 278 g/mol. The smallest absolute Gasteiger partial charge is 0.267 e. The van der Waals surface area contributed by atoms with Crippen LogP contribution in [-0.2, 0) is 0 Å². The highest BCUT2D eigenvalue weighted by Crippen LogP contribution is 2.46. The minimum Gasteiger partial charge on any atom is -0.369 e. The Bertz CT molecular complexity index is 642. The molecular formula is C14H16F2N4O. The summed E-state index contributed by atoms with van der Waals surface area (Å²) in [6, 6.07) is 1.03. The van der Waals surface area contributed by atoms with Crippen molar-refractivity contribution < 1.29 is 13.6 Å². The second-order valence-electron chi connectivity index (χ2n) is 5.82. The van der Waals surface area contributed by atoms with Gasteiger partial charge in [0.25, 0.3) is 5.92 Å². The average molecular weight is 294 g/mol. The Kier molecular flexibility index (Phi) is 2.96. The lowest BCUT2D eigenvalue weighted by atomic mass is 9.98. The SMILES string of the molecule is CC(C)C(=O)c1cc2c(cn1)N=C(N)N1CC(F)(F)CC21. The fourth-order valence-electron chi connectivity index (χ4n) is 2.78. The zero-order chi connectivity index (χ0) is 15.4. The van der Waals surface area contributed by atoms with Crippen LogP contribution in [-0.4, -0.2) is 34.1 Å². The number of nitrogens with two attached hydrogens (primary N) is 1. The number of halogens is 2. The van der Waals surface area contributed by atoms with Crippen molar-refractivity contribution in [2.45, 2.75) is 32.2 Å². The van der Waals surface area contributed by atoms with Crippen LogP contribution in [0.1, 0.15) is 42.4 Å². The summed E-state index contributed by atoms with van der Waals surface area (Å²) in [5.41, 5.74) is 7.10. The molecule has 0 bridgehead atoms. The number of hydrogen-bond donors (Lipinski definition) is 1. The van der Waals surface area contributed by atoms with Gasteiger partial charge in [-0.05, 0) is 6.07 Å². The number of carbonyl (C=O) groups excluding carboxylic acids is 1. The molecule has 1 saturated heterocycles. The number of rotatable bonds is 2. The van der Waals surface area contributed by atoms with Gasteiger partial charge in [0, 0.05) is 17.9 Å². The fourth-order valence-corrected chi connectivity index (χ4v) is 2.78. The average Bonchev–Trinajstić information content (AvgIpc) is 2.74. The van der Waals surface area contributed by atoms with E-state index in [2.05, 4.69) is 9.98 Å². The lowest BCUT2D eigenvalue weighted by Crippen LogP contribution is -2.40. The lowest BCUT2D eigenvalue weighted by molar-refractivity contribution is 0.0165. The summed E-state index contributed by atoms with van der Waals surface area (Å²) in [6.45, 7) is 3.10. The monoisotopic (exact) mass is 294 g/mol. The van der Waals surface area contributed by atoms with Gasteiger partial charge in [0.05, 0.1) is 24.5 Å². The number of aromatic nitrogens is 1. The Hall–Kier alpha value is -2.05. The molecule has 5 nitrogen and oxygen atoms in total. The summed E-state index contributed by atoms with van der Waals surface area (Å²) < 4.78 is 27.3. The van der Waals surface area contributed by atoms with Crippen LogP contribution in [0.4, 0.5) is 14.5 Å². The normalized spacial score (nSPS) is 22.8. The van der Waals surface area contributed by atoms with Gasteiger partial charge in [-0.3, -0.25) is 9.78 Å². The van der Waals surface area contributed by atoms with Crippen LogP contribution in [0.2, 0.25) is 0 Å². The summed E-state index contributed by atoms with van der Waals surface area (Å²) >= 11 is 0. The zero-order valence-corrected chi connectivity index (χ0v) is 11.8. The molecule has 0 saturated carbocycles. The summed E-state index contributed by atoms with van der Waals surface area (Å²) in [5.74, 6) is -3.04. The third-order valence-electron chi connectivity index (χ3n) is 3.85. The number of pyridine rings is 1. The van der Waals surface area contributed by atoms with Crippen molar-refractivity contribution in [2.75, 3.05) is 6.54 Å². The number of alkyl halides is 2. The van der Waals surface area contributed by atoms with Gasteiger partial charge in [-0.1, -0.05) is 13.8 Å². The van der Waals surface area contributed by atoms with Gasteiger partial charge >= 0.3 is 0 Å². The van der Waals surface area contributed by atoms with Crippen LogP contribution in [0, 0.1) is 5.92 Å². The third-order valence-corrected chi connectivity index (χ3v) is 3.85. The van der Waals surface area contributed by atoms with E-state index in [1.807, 2.05) is 0 Å². The Labute approximate surface area is 120 Å². The molecule has 0 aromatic carbocycles. The van der Waals surface area contributed by atoms with Crippen molar-refractivity contribution in [2.24, 2.45) is 16.6 Å². The topological polar surface area (TPSA) is 71.6 Å². The predicted molar refractivity (Wildman–Crippen MR) is 73.7 cm³/mol. The number of nitrogens with zero attached hydrogens (tertiary/aromatic N) is 3. The maximum absolute atomic E-state index is 13.7. The maximum atomic E-state index is 13.7. The molecule has 1 aromatic heterocycles. The van der Waals surface area contributed by atoms with Crippen LogP contribution in [0.15, 0.2) is 17.3 Å². The summed E-state index contributed by atoms with van der Waals surface area (Å²) in [6.07, 6.45) is 1.11. The number of hydrogen-bond acceptors (Lipinski definition) is 5. The second kappa shape index (κ2) is 4.47. The van der Waals surface area contributed by atoms with Crippen LogP contribution < -0.4 is 5.73 Å². The van der Waals surface area contributed by atoms with E-state index < -0.39 is 18.5 Å². The highest BCUT2D eigenvalue weighted by molar-refractivity contribution is 5.96. The fraction of sp³-hybridized carbons (Fsp3) is 0.500. The van der Waals surface area contributed by atoms with Gasteiger partial charge in [-0.25, -0.2) is 13.8 Å². The third kappa shape index (κ3) is 2.26. The molecule has 0 amide bonds. The van der Waals surface area contributed by atoms with E-state index in [1.165, 1.54) is 11.1 Å².